The molecule has 0 fully saturated rings. The number of amides is 1. The quantitative estimate of drug-likeness (QED) is 0.0330. The number of hydrogen-bond acceptors (Lipinski definition) is 5. The van der Waals surface area contributed by atoms with E-state index in [1.165, 1.54) is 128 Å². The van der Waals surface area contributed by atoms with Crippen LogP contribution in [-0.2, 0) is 14.3 Å². The number of carbonyl (C=O) groups is 2. The van der Waals surface area contributed by atoms with E-state index in [0.29, 0.717) is 25.9 Å². The first-order valence-electron chi connectivity index (χ1n) is 22.6. The molecule has 0 bridgehead atoms. The molecule has 0 aliphatic heterocycles. The number of allylic oxidation sites excluding steroid dienone is 4. The summed E-state index contributed by atoms with van der Waals surface area (Å²) in [6, 6.07) is -0.576. The highest BCUT2D eigenvalue weighted by Gasteiger charge is 2.19. The number of nitrogens with one attached hydrogen (secondary N) is 1. The first-order chi connectivity index (χ1) is 25.5. The second-order valence-corrected chi connectivity index (χ2v) is 15.4. The van der Waals surface area contributed by atoms with Crippen LogP contribution in [0.15, 0.2) is 24.3 Å². The maximum Gasteiger partial charge on any atom is 0.305 e. The molecular formula is C46H87NO5. The molecule has 0 aromatic carbocycles. The van der Waals surface area contributed by atoms with Gasteiger partial charge in [0.15, 0.2) is 0 Å². The Morgan fingerprint density at radius 3 is 1.40 bits per heavy atom. The van der Waals surface area contributed by atoms with Crippen LogP contribution in [0.1, 0.15) is 232 Å². The third-order valence-electron chi connectivity index (χ3n) is 10.2. The zero-order valence-electron chi connectivity index (χ0n) is 34.5. The molecule has 0 aliphatic rings. The summed E-state index contributed by atoms with van der Waals surface area (Å²) >= 11 is 0. The normalized spacial score (nSPS) is 12.9. The van der Waals surface area contributed by atoms with E-state index in [9.17, 15) is 19.8 Å². The maximum absolute atomic E-state index is 12.3. The summed E-state index contributed by atoms with van der Waals surface area (Å²) in [7, 11) is 0. The van der Waals surface area contributed by atoms with Crippen molar-refractivity contribution >= 4 is 11.9 Å². The van der Waals surface area contributed by atoms with E-state index in [-0.39, 0.29) is 18.5 Å². The van der Waals surface area contributed by atoms with Crippen LogP contribution in [-0.4, -0.2) is 47.4 Å². The van der Waals surface area contributed by atoms with Crippen molar-refractivity contribution in [3.63, 3.8) is 0 Å². The van der Waals surface area contributed by atoms with E-state index in [1.54, 1.807) is 0 Å². The number of carbonyl (C=O) groups excluding carboxylic acids is 2. The summed E-state index contributed by atoms with van der Waals surface area (Å²) in [6.07, 6.45) is 47.2. The maximum atomic E-state index is 12.3. The number of aliphatic hydroxyl groups is 2. The van der Waals surface area contributed by atoms with Crippen LogP contribution in [0.3, 0.4) is 0 Å². The van der Waals surface area contributed by atoms with Gasteiger partial charge >= 0.3 is 5.97 Å². The molecule has 2 unspecified atom stereocenters. The zero-order valence-corrected chi connectivity index (χ0v) is 34.5. The SMILES string of the molecule is CCCCCCCC/C=C\CCCCCCCCCC(=O)OCCCCCC/C=C\CCCC(=O)NC(CO)C(O)CCCCCCCCCCC. The lowest BCUT2D eigenvalue weighted by Gasteiger charge is -2.22. The van der Waals surface area contributed by atoms with Crippen molar-refractivity contribution in [2.45, 2.75) is 244 Å². The van der Waals surface area contributed by atoms with Gasteiger partial charge in [0, 0.05) is 12.8 Å². The fourth-order valence-corrected chi connectivity index (χ4v) is 6.69. The smallest absolute Gasteiger partial charge is 0.305 e. The van der Waals surface area contributed by atoms with Crippen molar-refractivity contribution in [1.29, 1.82) is 0 Å². The van der Waals surface area contributed by atoms with Crippen LogP contribution < -0.4 is 5.32 Å². The monoisotopic (exact) mass is 734 g/mol. The molecular weight excluding hydrogens is 647 g/mol. The first-order valence-corrected chi connectivity index (χ1v) is 22.6. The molecule has 1 amide bonds. The average Bonchev–Trinajstić information content (AvgIpc) is 3.14. The van der Waals surface area contributed by atoms with Gasteiger partial charge in [-0.05, 0) is 70.6 Å². The molecule has 0 heterocycles. The molecule has 306 valence electrons. The third-order valence-corrected chi connectivity index (χ3v) is 10.2. The summed E-state index contributed by atoms with van der Waals surface area (Å²) in [5.41, 5.74) is 0. The highest BCUT2D eigenvalue weighted by Crippen LogP contribution is 2.14. The molecule has 2 atom stereocenters. The number of unbranched alkanes of at least 4 members (excludes halogenated alkanes) is 26. The van der Waals surface area contributed by atoms with Gasteiger partial charge in [-0.1, -0.05) is 173 Å². The Labute approximate surface area is 322 Å². The number of rotatable bonds is 41. The van der Waals surface area contributed by atoms with Crippen LogP contribution in [0, 0.1) is 0 Å². The number of aliphatic hydroxyl groups excluding tert-OH is 2. The number of ether oxygens (including phenoxy) is 1. The standard InChI is InChI=1S/C46H87NO5/c1-3-5-7-9-11-13-14-15-16-17-18-19-20-24-28-32-36-40-46(51)52-41-37-33-29-25-21-23-27-31-35-39-45(50)47-43(42-48)44(49)38-34-30-26-22-12-10-8-6-4-2/h15-16,23,27,43-44,48-49H,3-14,17-22,24-26,28-42H2,1-2H3,(H,47,50)/b16-15-,27-23-. The van der Waals surface area contributed by atoms with Crippen molar-refractivity contribution in [3.05, 3.63) is 24.3 Å². The lowest BCUT2D eigenvalue weighted by Crippen LogP contribution is -2.45. The summed E-state index contributed by atoms with van der Waals surface area (Å²) in [4.78, 5) is 24.3. The van der Waals surface area contributed by atoms with Crippen molar-refractivity contribution in [2.24, 2.45) is 0 Å². The predicted molar refractivity (Wildman–Crippen MR) is 223 cm³/mol. The van der Waals surface area contributed by atoms with E-state index in [4.69, 9.17) is 4.74 Å². The average molecular weight is 734 g/mol. The van der Waals surface area contributed by atoms with E-state index in [1.807, 2.05) is 0 Å². The van der Waals surface area contributed by atoms with Crippen LogP contribution >= 0.6 is 0 Å². The number of hydrogen-bond donors (Lipinski definition) is 3. The first kappa shape index (κ1) is 50.3. The van der Waals surface area contributed by atoms with E-state index in [2.05, 4.69) is 43.5 Å². The molecule has 0 saturated carbocycles. The van der Waals surface area contributed by atoms with Gasteiger partial charge in [0.2, 0.25) is 5.91 Å². The molecule has 0 spiro atoms. The minimum absolute atomic E-state index is 0.0403. The highest BCUT2D eigenvalue weighted by atomic mass is 16.5. The van der Waals surface area contributed by atoms with Gasteiger partial charge in [0.1, 0.15) is 0 Å². The zero-order chi connectivity index (χ0) is 38.0. The Morgan fingerprint density at radius 1 is 0.519 bits per heavy atom. The van der Waals surface area contributed by atoms with Crippen molar-refractivity contribution in [2.75, 3.05) is 13.2 Å². The third kappa shape index (κ3) is 38.1. The largest absolute Gasteiger partial charge is 0.466 e. The van der Waals surface area contributed by atoms with E-state index in [0.717, 1.165) is 70.6 Å². The summed E-state index contributed by atoms with van der Waals surface area (Å²) in [5, 5.41) is 22.9. The van der Waals surface area contributed by atoms with Gasteiger partial charge in [-0.3, -0.25) is 9.59 Å². The van der Waals surface area contributed by atoms with Crippen LogP contribution in [0.25, 0.3) is 0 Å². The minimum atomic E-state index is -0.692. The molecule has 52 heavy (non-hydrogen) atoms. The van der Waals surface area contributed by atoms with Gasteiger partial charge in [0.25, 0.3) is 0 Å². The van der Waals surface area contributed by atoms with Gasteiger partial charge in [-0.15, -0.1) is 0 Å². The van der Waals surface area contributed by atoms with Crippen LogP contribution in [0.5, 0.6) is 0 Å². The van der Waals surface area contributed by atoms with Gasteiger partial charge in [0.05, 0.1) is 25.4 Å². The van der Waals surface area contributed by atoms with E-state index >= 15 is 0 Å². The Balaban J connectivity index is 3.52. The van der Waals surface area contributed by atoms with Crippen LogP contribution in [0.2, 0.25) is 0 Å². The molecule has 3 N–H and O–H groups in total. The fourth-order valence-electron chi connectivity index (χ4n) is 6.69. The van der Waals surface area contributed by atoms with Gasteiger partial charge in [-0.25, -0.2) is 0 Å². The Morgan fingerprint density at radius 2 is 0.923 bits per heavy atom. The van der Waals surface area contributed by atoms with Crippen LogP contribution in [0.4, 0.5) is 0 Å². The number of esters is 1. The fraction of sp³-hybridized carbons (Fsp3) is 0.870. The van der Waals surface area contributed by atoms with E-state index < -0.39 is 12.1 Å². The molecule has 0 radical (unpaired) electrons. The Kier molecular flexibility index (Phi) is 40.7. The topological polar surface area (TPSA) is 95.9 Å². The van der Waals surface area contributed by atoms with Gasteiger partial charge in [-0.2, -0.15) is 0 Å². The molecule has 0 aromatic heterocycles. The summed E-state index contributed by atoms with van der Waals surface area (Å²) < 4.78 is 5.43. The molecule has 0 aliphatic carbocycles. The van der Waals surface area contributed by atoms with Crippen molar-refractivity contribution in [3.8, 4) is 0 Å². The predicted octanol–water partition coefficient (Wildman–Crippen LogP) is 12.8. The van der Waals surface area contributed by atoms with Crippen molar-refractivity contribution < 1.29 is 24.5 Å². The molecule has 6 nitrogen and oxygen atoms in total. The molecule has 6 heteroatoms. The van der Waals surface area contributed by atoms with Gasteiger partial charge < -0.3 is 20.3 Å². The molecule has 0 rings (SSSR count). The lowest BCUT2D eigenvalue weighted by molar-refractivity contribution is -0.143. The Hall–Kier alpha value is -1.66. The highest BCUT2D eigenvalue weighted by molar-refractivity contribution is 5.76. The molecule has 0 saturated heterocycles. The Bertz CT molecular complexity index is 813. The lowest BCUT2D eigenvalue weighted by atomic mass is 10.0. The molecule has 0 aromatic rings. The summed E-state index contributed by atoms with van der Waals surface area (Å²) in [5.74, 6) is -0.140. The van der Waals surface area contributed by atoms with Crippen molar-refractivity contribution in [1.82, 2.24) is 5.32 Å². The second-order valence-electron chi connectivity index (χ2n) is 15.4. The minimum Gasteiger partial charge on any atom is -0.466 e. The summed E-state index contributed by atoms with van der Waals surface area (Å²) in [6.45, 7) is 4.82. The second kappa shape index (κ2) is 42.1.